The first-order chi connectivity index (χ1) is 14.4. The fraction of sp³-hybridized carbons (Fsp3) is 0.368. The molecule has 31 heavy (non-hydrogen) atoms. The molecule has 0 spiro atoms. The Morgan fingerprint density at radius 3 is 2.39 bits per heavy atom. The Kier molecular flexibility index (Phi) is 6.41. The minimum absolute atomic E-state index is 0.0428. The Balaban J connectivity index is 1.57. The number of hydrogen-bond acceptors (Lipinski definition) is 6. The number of esters is 1. The SMILES string of the molecule is CS(=O)(=O)N1CCN(C(=O)COC(=O)c2ccc(-c3cccc(C(F)(F)F)c3)o2)CC1. The van der Waals surface area contributed by atoms with Gasteiger partial charge in [-0.25, -0.2) is 13.2 Å². The smallest absolute Gasteiger partial charge is 0.416 e. The molecule has 12 heteroatoms. The average molecular weight is 460 g/mol. The van der Waals surface area contributed by atoms with Crippen LogP contribution in [0.5, 0.6) is 0 Å². The molecule has 2 heterocycles. The van der Waals surface area contributed by atoms with Crippen LogP contribution < -0.4 is 0 Å². The Hall–Kier alpha value is -2.86. The Bertz CT molecular complexity index is 1070. The lowest BCUT2D eigenvalue weighted by molar-refractivity contribution is -0.137. The summed E-state index contributed by atoms with van der Waals surface area (Å²) in [4.78, 5) is 25.7. The van der Waals surface area contributed by atoms with Gasteiger partial charge in [-0.3, -0.25) is 4.79 Å². The second-order valence-electron chi connectivity index (χ2n) is 6.86. The number of hydrogen-bond donors (Lipinski definition) is 0. The highest BCUT2D eigenvalue weighted by molar-refractivity contribution is 7.88. The number of alkyl halides is 3. The second kappa shape index (κ2) is 8.71. The van der Waals surface area contributed by atoms with Crippen molar-refractivity contribution < 1.29 is 40.3 Å². The van der Waals surface area contributed by atoms with Crippen molar-refractivity contribution in [2.45, 2.75) is 6.18 Å². The average Bonchev–Trinajstić information content (AvgIpc) is 3.21. The maximum atomic E-state index is 12.9. The molecular formula is C19H19F3N2O6S. The highest BCUT2D eigenvalue weighted by Crippen LogP contribution is 2.32. The van der Waals surface area contributed by atoms with Crippen molar-refractivity contribution in [1.29, 1.82) is 0 Å². The molecule has 1 saturated heterocycles. The number of furan rings is 1. The number of nitrogens with zero attached hydrogens (tertiary/aromatic N) is 2. The molecule has 0 saturated carbocycles. The zero-order chi connectivity index (χ0) is 22.8. The third kappa shape index (κ3) is 5.64. The number of sulfonamides is 1. The number of ether oxygens (including phenoxy) is 1. The molecule has 1 aliphatic rings. The number of amides is 1. The van der Waals surface area contributed by atoms with Gasteiger partial charge in [0.1, 0.15) is 5.76 Å². The number of rotatable bonds is 5. The van der Waals surface area contributed by atoms with Crippen LogP contribution in [0.1, 0.15) is 16.1 Å². The van der Waals surface area contributed by atoms with E-state index < -0.39 is 40.2 Å². The van der Waals surface area contributed by atoms with Gasteiger partial charge in [-0.1, -0.05) is 12.1 Å². The van der Waals surface area contributed by atoms with Crippen LogP contribution in [-0.4, -0.2) is 68.5 Å². The van der Waals surface area contributed by atoms with Gasteiger partial charge in [-0.05, 0) is 24.3 Å². The van der Waals surface area contributed by atoms with Crippen molar-refractivity contribution in [1.82, 2.24) is 9.21 Å². The Morgan fingerprint density at radius 1 is 1.10 bits per heavy atom. The van der Waals surface area contributed by atoms with E-state index in [2.05, 4.69) is 0 Å². The molecule has 0 aliphatic carbocycles. The van der Waals surface area contributed by atoms with E-state index in [1.165, 1.54) is 33.5 Å². The summed E-state index contributed by atoms with van der Waals surface area (Å²) < 4.78 is 73.0. The first-order valence-corrected chi connectivity index (χ1v) is 11.0. The largest absolute Gasteiger partial charge is 0.450 e. The second-order valence-corrected chi connectivity index (χ2v) is 8.84. The zero-order valence-electron chi connectivity index (χ0n) is 16.4. The molecule has 2 aromatic rings. The molecule has 1 aliphatic heterocycles. The third-order valence-electron chi connectivity index (χ3n) is 4.67. The summed E-state index contributed by atoms with van der Waals surface area (Å²) in [5.41, 5.74) is -0.721. The highest BCUT2D eigenvalue weighted by Gasteiger charge is 2.31. The predicted molar refractivity (Wildman–Crippen MR) is 102 cm³/mol. The van der Waals surface area contributed by atoms with Gasteiger partial charge in [-0.2, -0.15) is 17.5 Å². The van der Waals surface area contributed by atoms with Crippen LogP contribution in [0, 0.1) is 0 Å². The fourth-order valence-electron chi connectivity index (χ4n) is 3.01. The number of benzene rings is 1. The molecule has 168 valence electrons. The van der Waals surface area contributed by atoms with Crippen molar-refractivity contribution in [3.05, 3.63) is 47.7 Å². The summed E-state index contributed by atoms with van der Waals surface area (Å²) in [6.07, 6.45) is -3.43. The molecule has 1 aromatic heterocycles. The van der Waals surface area contributed by atoms with Gasteiger partial charge >= 0.3 is 12.1 Å². The molecule has 0 unspecified atom stereocenters. The Labute approximate surface area is 176 Å². The van der Waals surface area contributed by atoms with E-state index in [1.54, 1.807) is 0 Å². The van der Waals surface area contributed by atoms with E-state index in [-0.39, 0.29) is 43.3 Å². The molecule has 3 rings (SSSR count). The quantitative estimate of drug-likeness (QED) is 0.635. The number of piperazine rings is 1. The van der Waals surface area contributed by atoms with Gasteiger partial charge in [-0.15, -0.1) is 0 Å². The van der Waals surface area contributed by atoms with E-state index in [4.69, 9.17) is 9.15 Å². The molecule has 0 radical (unpaired) electrons. The lowest BCUT2D eigenvalue weighted by Crippen LogP contribution is -2.51. The maximum absolute atomic E-state index is 12.9. The summed E-state index contributed by atoms with van der Waals surface area (Å²) in [7, 11) is -3.33. The van der Waals surface area contributed by atoms with Crippen molar-refractivity contribution >= 4 is 21.9 Å². The van der Waals surface area contributed by atoms with Crippen molar-refractivity contribution in [3.63, 3.8) is 0 Å². The van der Waals surface area contributed by atoms with Crippen molar-refractivity contribution in [2.75, 3.05) is 39.0 Å². The van der Waals surface area contributed by atoms with Gasteiger partial charge in [0.2, 0.25) is 15.8 Å². The predicted octanol–water partition coefficient (Wildman–Crippen LogP) is 2.23. The summed E-state index contributed by atoms with van der Waals surface area (Å²) in [6, 6.07) is 7.02. The molecular weight excluding hydrogens is 441 g/mol. The van der Waals surface area contributed by atoms with E-state index in [0.29, 0.717) is 0 Å². The molecule has 0 atom stereocenters. The van der Waals surface area contributed by atoms with Crippen LogP contribution >= 0.6 is 0 Å². The number of carbonyl (C=O) groups excluding carboxylic acids is 2. The maximum Gasteiger partial charge on any atom is 0.416 e. The Morgan fingerprint density at radius 2 is 1.77 bits per heavy atom. The first kappa shape index (κ1) is 22.8. The summed E-state index contributed by atoms with van der Waals surface area (Å²) in [6.45, 7) is 0.0687. The molecule has 0 bridgehead atoms. The van der Waals surface area contributed by atoms with E-state index in [9.17, 15) is 31.2 Å². The normalized spacial score (nSPS) is 15.7. The van der Waals surface area contributed by atoms with Gasteiger partial charge in [0.15, 0.2) is 6.61 Å². The van der Waals surface area contributed by atoms with Crippen LogP contribution in [-0.2, 0) is 25.7 Å². The van der Waals surface area contributed by atoms with Crippen LogP contribution in [0.4, 0.5) is 13.2 Å². The lowest BCUT2D eigenvalue weighted by atomic mass is 10.1. The standard InChI is InChI=1S/C19H19F3N2O6S/c1-31(27,28)24-9-7-23(8-10-24)17(25)12-29-18(26)16-6-5-15(30-16)13-3-2-4-14(11-13)19(20,21)22/h2-6,11H,7-10,12H2,1H3. The van der Waals surface area contributed by atoms with Gasteiger partial charge in [0.25, 0.3) is 5.91 Å². The van der Waals surface area contributed by atoms with Crippen LogP contribution in [0.3, 0.4) is 0 Å². The molecule has 1 fully saturated rings. The summed E-state index contributed by atoms with van der Waals surface area (Å²) in [5, 5.41) is 0. The molecule has 8 nitrogen and oxygen atoms in total. The minimum Gasteiger partial charge on any atom is -0.450 e. The van der Waals surface area contributed by atoms with Crippen molar-refractivity contribution in [2.24, 2.45) is 0 Å². The monoisotopic (exact) mass is 460 g/mol. The third-order valence-corrected chi connectivity index (χ3v) is 5.97. The number of halogens is 3. The first-order valence-electron chi connectivity index (χ1n) is 9.12. The fourth-order valence-corrected chi connectivity index (χ4v) is 3.84. The number of carbonyl (C=O) groups is 2. The molecule has 1 amide bonds. The van der Waals surface area contributed by atoms with E-state index in [1.807, 2.05) is 0 Å². The zero-order valence-corrected chi connectivity index (χ0v) is 17.2. The lowest BCUT2D eigenvalue weighted by Gasteiger charge is -2.33. The summed E-state index contributed by atoms with van der Waals surface area (Å²) in [5.74, 6) is -1.66. The van der Waals surface area contributed by atoms with Gasteiger partial charge < -0.3 is 14.1 Å². The van der Waals surface area contributed by atoms with Gasteiger partial charge in [0.05, 0.1) is 11.8 Å². The minimum atomic E-state index is -4.52. The van der Waals surface area contributed by atoms with Gasteiger partial charge in [0, 0.05) is 31.7 Å². The van der Waals surface area contributed by atoms with E-state index in [0.717, 1.165) is 18.4 Å². The van der Waals surface area contributed by atoms with Crippen LogP contribution in [0.2, 0.25) is 0 Å². The van der Waals surface area contributed by atoms with Crippen molar-refractivity contribution in [3.8, 4) is 11.3 Å². The topological polar surface area (TPSA) is 97.1 Å². The summed E-state index contributed by atoms with van der Waals surface area (Å²) >= 11 is 0. The van der Waals surface area contributed by atoms with Crippen LogP contribution in [0.15, 0.2) is 40.8 Å². The highest BCUT2D eigenvalue weighted by atomic mass is 32.2. The molecule has 0 N–H and O–H groups in total. The molecule has 1 aromatic carbocycles. The van der Waals surface area contributed by atoms with Crippen LogP contribution in [0.25, 0.3) is 11.3 Å². The van der Waals surface area contributed by atoms with E-state index >= 15 is 0 Å².